The first kappa shape index (κ1) is 19.8. The van der Waals surface area contributed by atoms with E-state index in [9.17, 15) is 9.90 Å². The quantitative estimate of drug-likeness (QED) is 0.694. The fourth-order valence-electron chi connectivity index (χ4n) is 3.73. The number of aromatic nitrogens is 2. The molecule has 1 N–H and O–H groups in total. The third kappa shape index (κ3) is 3.36. The molecule has 1 amide bonds. The van der Waals surface area contributed by atoms with Gasteiger partial charge in [-0.05, 0) is 41.7 Å². The third-order valence-electron chi connectivity index (χ3n) is 5.42. The molecule has 0 unspecified atom stereocenters. The number of rotatable bonds is 5. The molecule has 156 valence electrons. The van der Waals surface area contributed by atoms with E-state index in [2.05, 4.69) is 18.9 Å². The van der Waals surface area contributed by atoms with E-state index in [0.717, 1.165) is 22.5 Å². The summed E-state index contributed by atoms with van der Waals surface area (Å²) in [6, 6.07) is 11.6. The minimum atomic E-state index is -0.350. The number of amides is 1. The third-order valence-corrected chi connectivity index (χ3v) is 5.42. The van der Waals surface area contributed by atoms with Crippen LogP contribution in [0.5, 0.6) is 17.2 Å². The van der Waals surface area contributed by atoms with Gasteiger partial charge < -0.3 is 19.5 Å². The van der Waals surface area contributed by atoms with Crippen LogP contribution in [0.15, 0.2) is 42.6 Å². The topological polar surface area (TPSA) is 76.8 Å². The van der Waals surface area contributed by atoms with Crippen LogP contribution in [-0.4, -0.2) is 41.6 Å². The number of hydrogen-bond acceptors (Lipinski definition) is 5. The molecule has 0 bridgehead atoms. The molecule has 0 spiro atoms. The normalized spacial score (nSPS) is 12.9. The lowest BCUT2D eigenvalue weighted by atomic mass is 10.0. The van der Waals surface area contributed by atoms with Gasteiger partial charge in [0.15, 0.2) is 22.9 Å². The SMILES string of the molecule is COc1cc2c(cc1OC)N(C(=O)c1nn(-c3cccc(C(C)C)c3)cc1O)CC2. The van der Waals surface area contributed by atoms with Crippen molar-refractivity contribution in [2.75, 3.05) is 25.7 Å². The molecule has 1 aliphatic rings. The van der Waals surface area contributed by atoms with Crippen molar-refractivity contribution in [3.8, 4) is 22.9 Å². The van der Waals surface area contributed by atoms with Crippen molar-refractivity contribution < 1.29 is 19.4 Å². The van der Waals surface area contributed by atoms with E-state index in [4.69, 9.17) is 9.47 Å². The van der Waals surface area contributed by atoms with Crippen LogP contribution in [0.2, 0.25) is 0 Å². The Balaban J connectivity index is 1.67. The van der Waals surface area contributed by atoms with Gasteiger partial charge in [-0.3, -0.25) is 4.79 Å². The van der Waals surface area contributed by atoms with Crippen LogP contribution in [0, 0.1) is 0 Å². The second-order valence-electron chi connectivity index (χ2n) is 7.60. The summed E-state index contributed by atoms with van der Waals surface area (Å²) in [5.74, 6) is 1.04. The number of hydrogen-bond donors (Lipinski definition) is 1. The average Bonchev–Trinajstić information content (AvgIpc) is 3.35. The molecule has 2 heterocycles. The summed E-state index contributed by atoms with van der Waals surface area (Å²) in [5, 5.41) is 14.9. The number of carbonyl (C=O) groups excluding carboxylic acids is 1. The van der Waals surface area contributed by atoms with Crippen molar-refractivity contribution >= 4 is 11.6 Å². The van der Waals surface area contributed by atoms with Crippen molar-refractivity contribution in [1.29, 1.82) is 0 Å². The maximum atomic E-state index is 13.2. The molecule has 0 saturated heterocycles. The molecule has 1 aliphatic heterocycles. The Morgan fingerprint density at radius 2 is 1.87 bits per heavy atom. The monoisotopic (exact) mass is 407 g/mol. The van der Waals surface area contributed by atoms with E-state index in [1.165, 1.54) is 6.20 Å². The van der Waals surface area contributed by atoms with Crippen LogP contribution in [0.4, 0.5) is 5.69 Å². The number of aromatic hydroxyl groups is 1. The van der Waals surface area contributed by atoms with Crippen LogP contribution in [-0.2, 0) is 6.42 Å². The first-order valence-corrected chi connectivity index (χ1v) is 9.88. The molecule has 7 heteroatoms. The Hall–Kier alpha value is -3.48. The van der Waals surface area contributed by atoms with E-state index in [1.807, 2.05) is 30.3 Å². The molecule has 1 aromatic heterocycles. The number of anilines is 1. The highest BCUT2D eigenvalue weighted by molar-refractivity contribution is 6.07. The zero-order valence-electron chi connectivity index (χ0n) is 17.5. The molecule has 2 aromatic carbocycles. The van der Waals surface area contributed by atoms with Crippen molar-refractivity contribution in [3.63, 3.8) is 0 Å². The Labute approximate surface area is 175 Å². The van der Waals surface area contributed by atoms with E-state index in [-0.39, 0.29) is 17.4 Å². The molecular weight excluding hydrogens is 382 g/mol. The highest BCUT2D eigenvalue weighted by Crippen LogP contribution is 2.39. The highest BCUT2D eigenvalue weighted by atomic mass is 16.5. The average molecular weight is 407 g/mol. The van der Waals surface area contributed by atoms with Gasteiger partial charge in [0.05, 0.1) is 31.8 Å². The van der Waals surface area contributed by atoms with E-state index < -0.39 is 0 Å². The summed E-state index contributed by atoms with van der Waals surface area (Å²) in [6.07, 6.45) is 2.16. The highest BCUT2D eigenvalue weighted by Gasteiger charge is 2.31. The number of fused-ring (bicyclic) bond motifs is 1. The molecule has 7 nitrogen and oxygen atoms in total. The lowest BCUT2D eigenvalue weighted by Crippen LogP contribution is -2.29. The second kappa shape index (κ2) is 7.74. The summed E-state index contributed by atoms with van der Waals surface area (Å²) in [7, 11) is 3.14. The maximum Gasteiger partial charge on any atom is 0.282 e. The van der Waals surface area contributed by atoms with Gasteiger partial charge in [-0.2, -0.15) is 5.10 Å². The number of methoxy groups -OCH3 is 2. The van der Waals surface area contributed by atoms with Crippen molar-refractivity contribution in [1.82, 2.24) is 9.78 Å². The lowest BCUT2D eigenvalue weighted by Gasteiger charge is -2.18. The fraction of sp³-hybridized carbons (Fsp3) is 0.304. The first-order valence-electron chi connectivity index (χ1n) is 9.88. The molecular formula is C23H25N3O4. The van der Waals surface area contributed by atoms with Gasteiger partial charge in [0.1, 0.15) is 0 Å². The predicted octanol–water partition coefficient (Wildman–Crippen LogP) is 3.92. The van der Waals surface area contributed by atoms with E-state index in [1.54, 1.807) is 29.9 Å². The number of nitrogens with zero attached hydrogens (tertiary/aromatic N) is 3. The van der Waals surface area contributed by atoms with Gasteiger partial charge in [-0.1, -0.05) is 26.0 Å². The van der Waals surface area contributed by atoms with Gasteiger partial charge in [0, 0.05) is 12.6 Å². The van der Waals surface area contributed by atoms with Gasteiger partial charge in [-0.25, -0.2) is 4.68 Å². The lowest BCUT2D eigenvalue weighted by molar-refractivity contribution is 0.0981. The van der Waals surface area contributed by atoms with Gasteiger partial charge in [0.25, 0.3) is 5.91 Å². The maximum absolute atomic E-state index is 13.2. The molecule has 0 atom stereocenters. The van der Waals surface area contributed by atoms with Gasteiger partial charge in [-0.15, -0.1) is 0 Å². The van der Waals surface area contributed by atoms with Crippen LogP contribution in [0.25, 0.3) is 5.69 Å². The van der Waals surface area contributed by atoms with Crippen LogP contribution >= 0.6 is 0 Å². The summed E-state index contributed by atoms with van der Waals surface area (Å²) in [5.41, 5.74) is 3.71. The number of ether oxygens (including phenoxy) is 2. The van der Waals surface area contributed by atoms with Crippen LogP contribution in [0.3, 0.4) is 0 Å². The van der Waals surface area contributed by atoms with Crippen LogP contribution in [0.1, 0.15) is 41.4 Å². The van der Waals surface area contributed by atoms with Gasteiger partial charge >= 0.3 is 0 Å². The molecule has 0 fully saturated rings. The van der Waals surface area contributed by atoms with E-state index >= 15 is 0 Å². The Kier molecular flexibility index (Phi) is 5.11. The van der Waals surface area contributed by atoms with E-state index in [0.29, 0.717) is 30.4 Å². The van der Waals surface area contributed by atoms with Crippen molar-refractivity contribution in [2.24, 2.45) is 0 Å². The van der Waals surface area contributed by atoms with Crippen molar-refractivity contribution in [3.05, 3.63) is 59.4 Å². The Bertz CT molecular complexity index is 1100. The Morgan fingerprint density at radius 3 is 2.57 bits per heavy atom. The summed E-state index contributed by atoms with van der Waals surface area (Å²) in [6.45, 7) is 4.73. The summed E-state index contributed by atoms with van der Waals surface area (Å²) >= 11 is 0. The largest absolute Gasteiger partial charge is 0.504 e. The predicted molar refractivity (Wildman–Crippen MR) is 114 cm³/mol. The summed E-state index contributed by atoms with van der Waals surface area (Å²) < 4.78 is 12.3. The molecule has 0 saturated carbocycles. The molecule has 3 aromatic rings. The van der Waals surface area contributed by atoms with Crippen molar-refractivity contribution in [2.45, 2.75) is 26.2 Å². The minimum Gasteiger partial charge on any atom is -0.504 e. The molecule has 0 aliphatic carbocycles. The number of benzene rings is 2. The standard InChI is InChI=1S/C23H25N3O4/c1-14(2)15-6-5-7-17(10-15)26-13-19(27)22(24-26)23(28)25-9-8-16-11-20(29-3)21(30-4)12-18(16)25/h5-7,10-14,27H,8-9H2,1-4H3. The zero-order valence-corrected chi connectivity index (χ0v) is 17.5. The summed E-state index contributed by atoms with van der Waals surface area (Å²) in [4.78, 5) is 14.8. The zero-order chi connectivity index (χ0) is 21.4. The molecule has 0 radical (unpaired) electrons. The second-order valence-corrected chi connectivity index (χ2v) is 7.60. The minimum absolute atomic E-state index is 0.0209. The fourth-order valence-corrected chi connectivity index (χ4v) is 3.73. The molecule has 30 heavy (non-hydrogen) atoms. The number of carbonyl (C=O) groups is 1. The molecule has 4 rings (SSSR count). The van der Waals surface area contributed by atoms with Crippen LogP contribution < -0.4 is 14.4 Å². The first-order chi connectivity index (χ1) is 14.4. The van der Waals surface area contributed by atoms with Gasteiger partial charge in [0.2, 0.25) is 0 Å². The Morgan fingerprint density at radius 1 is 1.13 bits per heavy atom. The smallest absolute Gasteiger partial charge is 0.282 e.